The van der Waals surface area contributed by atoms with Gasteiger partial charge < -0.3 is 19.5 Å². The molecule has 1 aromatic carbocycles. The highest BCUT2D eigenvalue weighted by Gasteiger charge is 2.28. The van der Waals surface area contributed by atoms with Crippen LogP contribution in [0.25, 0.3) is 0 Å². The van der Waals surface area contributed by atoms with Gasteiger partial charge in [0.25, 0.3) is 5.56 Å². The summed E-state index contributed by atoms with van der Waals surface area (Å²) in [4.78, 5) is 30.3. The maximum absolute atomic E-state index is 12.7. The molecule has 2 heterocycles. The first kappa shape index (κ1) is 17.0. The molecule has 1 aliphatic heterocycles. The summed E-state index contributed by atoms with van der Waals surface area (Å²) in [5, 5.41) is 9.45. The summed E-state index contributed by atoms with van der Waals surface area (Å²) in [5.41, 5.74) is 0.000189. The summed E-state index contributed by atoms with van der Waals surface area (Å²) in [7, 11) is 1.58. The molecule has 1 N–H and O–H groups in total. The molecular formula is C17H19N3O5. The molecule has 25 heavy (non-hydrogen) atoms. The van der Waals surface area contributed by atoms with E-state index in [1.807, 2.05) is 35.2 Å². The summed E-state index contributed by atoms with van der Waals surface area (Å²) in [6.07, 6.45) is 0. The number of methoxy groups -OCH3 is 1. The number of nitrogens with zero attached hydrogens (tertiary/aromatic N) is 3. The predicted octanol–water partition coefficient (Wildman–Crippen LogP) is 0.987. The van der Waals surface area contributed by atoms with Gasteiger partial charge in [-0.3, -0.25) is 9.36 Å². The van der Waals surface area contributed by atoms with Gasteiger partial charge in [0.05, 0.1) is 6.61 Å². The molecule has 8 nitrogen and oxygen atoms in total. The Bertz CT molecular complexity index is 819. The number of carboxylic acid groups (broad SMARTS) is 1. The van der Waals surface area contributed by atoms with Crippen molar-refractivity contribution in [1.29, 1.82) is 0 Å². The molecule has 0 unspecified atom stereocenters. The maximum Gasteiger partial charge on any atom is 0.358 e. The average Bonchev–Trinajstić information content (AvgIpc) is 3.03. The fourth-order valence-corrected chi connectivity index (χ4v) is 2.71. The molecule has 0 atom stereocenters. The first-order valence-corrected chi connectivity index (χ1v) is 7.90. The Morgan fingerprint density at radius 3 is 2.72 bits per heavy atom. The van der Waals surface area contributed by atoms with Gasteiger partial charge in [0, 0.05) is 26.7 Å². The highest BCUT2D eigenvalue weighted by Crippen LogP contribution is 2.22. The zero-order chi connectivity index (χ0) is 17.8. The predicted molar refractivity (Wildman–Crippen MR) is 90.3 cm³/mol. The van der Waals surface area contributed by atoms with Crippen LogP contribution in [0.2, 0.25) is 0 Å². The minimum absolute atomic E-state index is 0.102. The first-order chi connectivity index (χ1) is 12.1. The fourth-order valence-electron chi connectivity index (χ4n) is 2.71. The van der Waals surface area contributed by atoms with E-state index in [0.29, 0.717) is 32.2 Å². The third kappa shape index (κ3) is 3.48. The van der Waals surface area contributed by atoms with Crippen LogP contribution in [0, 0.1) is 0 Å². The molecule has 8 heteroatoms. The number of hydrogen-bond acceptors (Lipinski definition) is 6. The van der Waals surface area contributed by atoms with E-state index in [1.54, 1.807) is 7.11 Å². The van der Waals surface area contributed by atoms with Crippen molar-refractivity contribution < 1.29 is 19.4 Å². The molecule has 2 aromatic rings. The van der Waals surface area contributed by atoms with Crippen molar-refractivity contribution >= 4 is 11.9 Å². The number of aromatic carboxylic acids is 1. The second kappa shape index (κ2) is 7.35. The largest absolute Gasteiger partial charge is 0.481 e. The Morgan fingerprint density at radius 1 is 1.28 bits per heavy atom. The van der Waals surface area contributed by atoms with Gasteiger partial charge in [-0.15, -0.1) is 0 Å². The molecule has 0 fully saturated rings. The summed E-state index contributed by atoms with van der Waals surface area (Å²) in [6, 6.07) is 9.24. The smallest absolute Gasteiger partial charge is 0.358 e. The van der Waals surface area contributed by atoms with Crippen molar-refractivity contribution in [2.45, 2.75) is 13.2 Å². The standard InChI is InChI=1S/C17H19N3O5/c1-24-10-9-19-7-8-20-15(21)14(13(16(22)23)18-17(19)20)25-11-12-5-3-2-4-6-12/h2-6H,7-11H2,1H3,(H,22,23). The van der Waals surface area contributed by atoms with Gasteiger partial charge in [-0.2, -0.15) is 0 Å². The van der Waals surface area contributed by atoms with Gasteiger partial charge in [0.2, 0.25) is 11.7 Å². The molecule has 3 rings (SSSR count). The SMILES string of the molecule is COCCN1CCn2c1nc(C(=O)O)c(OCc1ccccc1)c2=O. The molecule has 0 saturated heterocycles. The van der Waals surface area contributed by atoms with Crippen LogP contribution in [0.4, 0.5) is 5.95 Å². The molecule has 1 aromatic heterocycles. The van der Waals surface area contributed by atoms with Crippen LogP contribution in [-0.2, 0) is 17.9 Å². The monoisotopic (exact) mass is 345 g/mol. The van der Waals surface area contributed by atoms with E-state index in [2.05, 4.69) is 4.98 Å². The van der Waals surface area contributed by atoms with E-state index in [1.165, 1.54) is 4.57 Å². The summed E-state index contributed by atoms with van der Waals surface area (Å²) in [6.45, 7) is 2.11. The molecule has 0 amide bonds. The van der Waals surface area contributed by atoms with E-state index < -0.39 is 11.5 Å². The number of ether oxygens (including phenoxy) is 2. The van der Waals surface area contributed by atoms with Gasteiger partial charge in [-0.25, -0.2) is 9.78 Å². The van der Waals surface area contributed by atoms with E-state index in [9.17, 15) is 14.7 Å². The third-order valence-corrected chi connectivity index (χ3v) is 3.98. The lowest BCUT2D eigenvalue weighted by Gasteiger charge is -2.17. The summed E-state index contributed by atoms with van der Waals surface area (Å²) in [5.74, 6) is -1.18. The van der Waals surface area contributed by atoms with Crippen molar-refractivity contribution in [1.82, 2.24) is 9.55 Å². The third-order valence-electron chi connectivity index (χ3n) is 3.98. The summed E-state index contributed by atoms with van der Waals surface area (Å²) < 4.78 is 12.0. The molecule has 0 radical (unpaired) electrons. The molecule has 0 aliphatic carbocycles. The molecule has 0 bridgehead atoms. The zero-order valence-electron chi connectivity index (χ0n) is 13.8. The van der Waals surface area contributed by atoms with E-state index >= 15 is 0 Å². The second-order valence-corrected chi connectivity index (χ2v) is 5.61. The number of carbonyl (C=O) groups is 1. The van der Waals surface area contributed by atoms with Crippen LogP contribution < -0.4 is 15.2 Å². The van der Waals surface area contributed by atoms with Gasteiger partial charge in [0.15, 0.2) is 5.69 Å². The number of carboxylic acids is 1. The highest BCUT2D eigenvalue weighted by molar-refractivity contribution is 5.88. The van der Waals surface area contributed by atoms with E-state index in [0.717, 1.165) is 5.56 Å². The normalized spacial score (nSPS) is 12.9. The number of anilines is 1. The van der Waals surface area contributed by atoms with E-state index in [-0.39, 0.29) is 18.1 Å². The Kier molecular flexibility index (Phi) is 4.99. The maximum atomic E-state index is 12.7. The summed E-state index contributed by atoms with van der Waals surface area (Å²) >= 11 is 0. The molecule has 0 saturated carbocycles. The van der Waals surface area contributed by atoms with Crippen molar-refractivity contribution in [3.63, 3.8) is 0 Å². The molecule has 132 valence electrons. The van der Waals surface area contributed by atoms with Crippen molar-refractivity contribution in [3.05, 3.63) is 51.9 Å². The highest BCUT2D eigenvalue weighted by atomic mass is 16.5. The molecule has 0 spiro atoms. The van der Waals surface area contributed by atoms with Gasteiger partial charge in [0.1, 0.15) is 6.61 Å². The molecule has 1 aliphatic rings. The Morgan fingerprint density at radius 2 is 2.04 bits per heavy atom. The Balaban J connectivity index is 1.93. The number of benzene rings is 1. The van der Waals surface area contributed by atoms with Crippen LogP contribution in [0.15, 0.2) is 35.1 Å². The van der Waals surface area contributed by atoms with Crippen LogP contribution in [0.1, 0.15) is 16.1 Å². The van der Waals surface area contributed by atoms with Crippen LogP contribution in [0.5, 0.6) is 5.75 Å². The van der Waals surface area contributed by atoms with Crippen LogP contribution >= 0.6 is 0 Å². The minimum Gasteiger partial charge on any atom is -0.481 e. The zero-order valence-corrected chi connectivity index (χ0v) is 13.8. The van der Waals surface area contributed by atoms with Crippen molar-refractivity contribution in [2.75, 3.05) is 31.7 Å². The van der Waals surface area contributed by atoms with Crippen molar-refractivity contribution in [2.24, 2.45) is 0 Å². The van der Waals surface area contributed by atoms with Crippen LogP contribution in [0.3, 0.4) is 0 Å². The van der Waals surface area contributed by atoms with Gasteiger partial charge in [-0.1, -0.05) is 30.3 Å². The van der Waals surface area contributed by atoms with Crippen molar-refractivity contribution in [3.8, 4) is 5.75 Å². The van der Waals surface area contributed by atoms with Gasteiger partial charge in [-0.05, 0) is 5.56 Å². The number of rotatable bonds is 7. The minimum atomic E-state index is -1.29. The first-order valence-electron chi connectivity index (χ1n) is 7.90. The second-order valence-electron chi connectivity index (χ2n) is 5.61. The fraction of sp³-hybridized carbons (Fsp3) is 0.353. The quantitative estimate of drug-likeness (QED) is 0.799. The average molecular weight is 345 g/mol. The lowest BCUT2D eigenvalue weighted by molar-refractivity contribution is 0.0684. The lowest BCUT2D eigenvalue weighted by Crippen LogP contribution is -2.28. The van der Waals surface area contributed by atoms with Gasteiger partial charge >= 0.3 is 5.97 Å². The number of hydrogen-bond donors (Lipinski definition) is 1. The molecular weight excluding hydrogens is 326 g/mol. The number of fused-ring (bicyclic) bond motifs is 1. The Labute approximate surface area is 144 Å². The topological polar surface area (TPSA) is 93.9 Å². The van der Waals surface area contributed by atoms with Crippen LogP contribution in [-0.4, -0.2) is 47.4 Å². The Hall–Kier alpha value is -2.87. The lowest BCUT2D eigenvalue weighted by atomic mass is 10.2. The van der Waals surface area contributed by atoms with E-state index in [4.69, 9.17) is 9.47 Å². The number of aromatic nitrogens is 2.